The first-order valence-corrected chi connectivity index (χ1v) is 8.89. The second kappa shape index (κ2) is 5.56. The zero-order valence-electron chi connectivity index (χ0n) is 13.2. The van der Waals surface area contributed by atoms with Gasteiger partial charge in [-0.3, -0.25) is 9.78 Å². The van der Waals surface area contributed by atoms with Gasteiger partial charge >= 0.3 is 0 Å². The fourth-order valence-corrected chi connectivity index (χ4v) is 3.96. The summed E-state index contributed by atoms with van der Waals surface area (Å²) in [7, 11) is 0. The van der Waals surface area contributed by atoms with Crippen LogP contribution in [0.15, 0.2) is 52.8 Å². The Labute approximate surface area is 147 Å². The van der Waals surface area contributed by atoms with Crippen LogP contribution in [0.1, 0.15) is 32.9 Å². The molecule has 0 saturated carbocycles. The lowest BCUT2D eigenvalue weighted by atomic mass is 10.00. The number of imidazole rings is 1. The smallest absolute Gasteiger partial charge is 0.266 e. The number of amides is 1. The number of hydrogen-bond donors (Lipinski definition) is 1. The number of H-pyrrole nitrogens is 1. The van der Waals surface area contributed by atoms with E-state index in [0.29, 0.717) is 11.4 Å². The molecule has 1 N–H and O–H groups in total. The molecule has 0 saturated heterocycles. The summed E-state index contributed by atoms with van der Waals surface area (Å²) in [5.74, 6) is 0.689. The molecule has 4 aromatic rings. The Morgan fingerprint density at radius 3 is 3.12 bits per heavy atom. The molecule has 0 spiro atoms. The summed E-state index contributed by atoms with van der Waals surface area (Å²) >= 11 is 1.35. The number of aromatic amines is 1. The van der Waals surface area contributed by atoms with Crippen LogP contribution in [-0.4, -0.2) is 32.3 Å². The monoisotopic (exact) mass is 350 g/mol. The van der Waals surface area contributed by atoms with Gasteiger partial charge < -0.3 is 14.3 Å². The number of fused-ring (bicyclic) bond motifs is 2. The molecule has 25 heavy (non-hydrogen) atoms. The van der Waals surface area contributed by atoms with Crippen molar-refractivity contribution < 1.29 is 9.21 Å². The fourth-order valence-electron chi connectivity index (χ4n) is 3.38. The van der Waals surface area contributed by atoms with Crippen LogP contribution in [0, 0.1) is 0 Å². The van der Waals surface area contributed by atoms with Crippen molar-refractivity contribution in [2.45, 2.75) is 12.5 Å². The second-order valence-electron chi connectivity index (χ2n) is 5.97. The van der Waals surface area contributed by atoms with Crippen LogP contribution < -0.4 is 0 Å². The number of benzene rings is 1. The maximum absolute atomic E-state index is 13.0. The molecule has 4 heterocycles. The predicted molar refractivity (Wildman–Crippen MR) is 93.5 cm³/mol. The van der Waals surface area contributed by atoms with E-state index in [0.717, 1.165) is 34.5 Å². The van der Waals surface area contributed by atoms with Crippen LogP contribution in [-0.2, 0) is 6.42 Å². The molecule has 1 aliphatic heterocycles. The molecular weight excluding hydrogens is 336 g/mol. The minimum Gasteiger partial charge on any atom is -0.458 e. The van der Waals surface area contributed by atoms with Crippen molar-refractivity contribution in [2.75, 3.05) is 6.54 Å². The van der Waals surface area contributed by atoms with Gasteiger partial charge in [-0.05, 0) is 12.1 Å². The summed E-state index contributed by atoms with van der Waals surface area (Å²) in [4.78, 5) is 27.2. The van der Waals surface area contributed by atoms with Gasteiger partial charge in [0.15, 0.2) is 0 Å². The molecule has 7 heteroatoms. The number of nitrogens with zero attached hydrogens (tertiary/aromatic N) is 3. The van der Waals surface area contributed by atoms with Gasteiger partial charge in [0, 0.05) is 24.0 Å². The number of hydrogen-bond acceptors (Lipinski definition) is 5. The molecule has 3 aromatic heterocycles. The van der Waals surface area contributed by atoms with Crippen molar-refractivity contribution in [2.24, 2.45) is 0 Å². The minimum atomic E-state index is -0.336. The largest absolute Gasteiger partial charge is 0.458 e. The molecule has 1 aliphatic rings. The van der Waals surface area contributed by atoms with Crippen LogP contribution in [0.4, 0.5) is 0 Å². The van der Waals surface area contributed by atoms with Gasteiger partial charge in [-0.25, -0.2) is 4.98 Å². The Morgan fingerprint density at radius 2 is 2.28 bits per heavy atom. The third-order valence-corrected chi connectivity index (χ3v) is 5.30. The number of thiazole rings is 1. The molecule has 0 aliphatic carbocycles. The van der Waals surface area contributed by atoms with Crippen LogP contribution in [0.5, 0.6) is 0 Å². The summed E-state index contributed by atoms with van der Waals surface area (Å²) in [5, 5.41) is 1.02. The van der Waals surface area contributed by atoms with Gasteiger partial charge in [0.2, 0.25) is 0 Å². The first-order chi connectivity index (χ1) is 12.3. The lowest BCUT2D eigenvalue weighted by Crippen LogP contribution is -2.40. The van der Waals surface area contributed by atoms with Gasteiger partial charge in [0.1, 0.15) is 22.3 Å². The van der Waals surface area contributed by atoms with Gasteiger partial charge in [0.05, 0.1) is 23.7 Å². The Hall–Kier alpha value is -2.93. The standard InChI is InChI=1S/C18H14N4O2S/c23-18(15-8-19-10-25-15)22-6-5-12-16(21-9-20-12)17(22)14-7-11-3-1-2-4-13(11)24-14/h1-4,7-10,17H,5-6H2,(H,20,21)/t17-/m1/s1. The number of furan rings is 1. The Kier molecular flexibility index (Phi) is 3.21. The predicted octanol–water partition coefficient (Wildman–Crippen LogP) is 3.40. The van der Waals surface area contributed by atoms with Crippen molar-refractivity contribution in [3.05, 3.63) is 70.4 Å². The zero-order chi connectivity index (χ0) is 16.8. The maximum Gasteiger partial charge on any atom is 0.266 e. The average Bonchev–Trinajstić information content (AvgIpc) is 3.39. The maximum atomic E-state index is 13.0. The van der Waals surface area contributed by atoms with Crippen molar-refractivity contribution >= 4 is 28.2 Å². The highest BCUT2D eigenvalue weighted by molar-refractivity contribution is 7.11. The molecule has 1 amide bonds. The van der Waals surface area contributed by atoms with Crippen molar-refractivity contribution in [1.29, 1.82) is 0 Å². The normalized spacial score (nSPS) is 17.0. The quantitative estimate of drug-likeness (QED) is 0.601. The van der Waals surface area contributed by atoms with E-state index in [1.165, 1.54) is 11.3 Å². The summed E-state index contributed by atoms with van der Waals surface area (Å²) in [6.07, 6.45) is 4.04. The van der Waals surface area contributed by atoms with Gasteiger partial charge in [0.25, 0.3) is 5.91 Å². The summed E-state index contributed by atoms with van der Waals surface area (Å²) in [6, 6.07) is 9.52. The highest BCUT2D eigenvalue weighted by Crippen LogP contribution is 2.37. The van der Waals surface area contributed by atoms with E-state index in [2.05, 4.69) is 15.0 Å². The Balaban J connectivity index is 1.64. The molecule has 5 rings (SSSR count). The highest BCUT2D eigenvalue weighted by Gasteiger charge is 2.37. The molecule has 1 atom stereocenters. The summed E-state index contributed by atoms with van der Waals surface area (Å²) < 4.78 is 6.07. The molecule has 1 aromatic carbocycles. The van der Waals surface area contributed by atoms with E-state index in [4.69, 9.17) is 4.42 Å². The first kappa shape index (κ1) is 14.4. The molecule has 0 unspecified atom stereocenters. The molecule has 6 nitrogen and oxygen atoms in total. The molecule has 0 bridgehead atoms. The minimum absolute atomic E-state index is 0.0402. The van der Waals surface area contributed by atoms with Crippen LogP contribution in [0.25, 0.3) is 11.0 Å². The van der Waals surface area contributed by atoms with E-state index >= 15 is 0 Å². The number of para-hydroxylation sites is 1. The van der Waals surface area contributed by atoms with Crippen molar-refractivity contribution in [1.82, 2.24) is 19.9 Å². The average molecular weight is 350 g/mol. The van der Waals surface area contributed by atoms with E-state index < -0.39 is 0 Å². The molecule has 0 fully saturated rings. The van der Waals surface area contributed by atoms with Gasteiger partial charge in [-0.15, -0.1) is 11.3 Å². The van der Waals surface area contributed by atoms with E-state index in [-0.39, 0.29) is 11.9 Å². The van der Waals surface area contributed by atoms with Crippen LogP contribution in [0.3, 0.4) is 0 Å². The Morgan fingerprint density at radius 1 is 1.36 bits per heavy atom. The van der Waals surface area contributed by atoms with Crippen LogP contribution in [0.2, 0.25) is 0 Å². The SMILES string of the molecule is O=C(c1cncs1)N1CCc2[nH]cnc2[C@H]1c1cc2ccccc2o1. The highest BCUT2D eigenvalue weighted by atomic mass is 32.1. The Bertz CT molecular complexity index is 1020. The van der Waals surface area contributed by atoms with Gasteiger partial charge in [-0.1, -0.05) is 18.2 Å². The van der Waals surface area contributed by atoms with E-state index in [1.54, 1.807) is 18.0 Å². The first-order valence-electron chi connectivity index (χ1n) is 8.01. The topological polar surface area (TPSA) is 75.0 Å². The van der Waals surface area contributed by atoms with Crippen molar-refractivity contribution in [3.63, 3.8) is 0 Å². The third kappa shape index (κ3) is 2.27. The summed E-state index contributed by atoms with van der Waals surface area (Å²) in [6.45, 7) is 0.605. The van der Waals surface area contributed by atoms with E-state index in [9.17, 15) is 4.79 Å². The summed E-state index contributed by atoms with van der Waals surface area (Å²) in [5.41, 5.74) is 4.39. The number of nitrogens with one attached hydrogen (secondary N) is 1. The molecule has 0 radical (unpaired) electrons. The van der Waals surface area contributed by atoms with Crippen LogP contribution >= 0.6 is 11.3 Å². The van der Waals surface area contributed by atoms with E-state index in [1.807, 2.05) is 35.2 Å². The second-order valence-corrected chi connectivity index (χ2v) is 6.86. The number of carbonyl (C=O) groups is 1. The lowest BCUT2D eigenvalue weighted by Gasteiger charge is -2.33. The number of carbonyl (C=O) groups excluding carboxylic acids is 1. The van der Waals surface area contributed by atoms with Crippen molar-refractivity contribution in [3.8, 4) is 0 Å². The fraction of sp³-hybridized carbons (Fsp3) is 0.167. The van der Waals surface area contributed by atoms with Gasteiger partial charge in [-0.2, -0.15) is 0 Å². The number of aromatic nitrogens is 3. The number of rotatable bonds is 2. The lowest BCUT2D eigenvalue weighted by molar-refractivity contribution is 0.0677. The molecule has 124 valence electrons. The third-order valence-electron chi connectivity index (χ3n) is 4.54. The molecular formula is C18H14N4O2S. The zero-order valence-corrected chi connectivity index (χ0v) is 14.0.